The van der Waals surface area contributed by atoms with Gasteiger partial charge in [0.2, 0.25) is 5.91 Å². The normalized spacial score (nSPS) is 11.1. The molecule has 0 spiro atoms. The van der Waals surface area contributed by atoms with Crippen molar-refractivity contribution in [3.05, 3.63) is 71.8 Å². The Morgan fingerprint density at radius 3 is 1.84 bits per heavy atom. The molecule has 0 saturated heterocycles. The third kappa shape index (κ3) is 9.44. The van der Waals surface area contributed by atoms with Crippen LogP contribution in [0.4, 0.5) is 9.59 Å². The van der Waals surface area contributed by atoms with E-state index in [1.165, 1.54) is 0 Å². The quantitative estimate of drug-likeness (QED) is 0.530. The van der Waals surface area contributed by atoms with Gasteiger partial charge in [0.05, 0.1) is 0 Å². The van der Waals surface area contributed by atoms with Gasteiger partial charge in [-0.25, -0.2) is 14.4 Å². The van der Waals surface area contributed by atoms with Crippen LogP contribution in [-0.2, 0) is 32.3 Å². The Kier molecular flexibility index (Phi) is 9.54. The standard InChI is InChI=1S/C22H24N2O7/c25-19(24-22(29)31-15-17-10-5-2-6-11-17)13-7-12-18(20(26)27)23-21(28)30-14-16-8-3-1-4-9-16/h1-6,8-11,18H,7,12-15H2,(H,23,28)(H,26,27)(H,24,25,29). The van der Waals surface area contributed by atoms with Gasteiger partial charge in [0, 0.05) is 6.42 Å². The molecule has 0 aliphatic heterocycles. The van der Waals surface area contributed by atoms with E-state index in [1.807, 2.05) is 12.1 Å². The van der Waals surface area contributed by atoms with Crippen molar-refractivity contribution in [1.82, 2.24) is 10.6 Å². The van der Waals surface area contributed by atoms with Crippen molar-refractivity contribution in [2.75, 3.05) is 0 Å². The third-order valence-corrected chi connectivity index (χ3v) is 4.15. The van der Waals surface area contributed by atoms with Gasteiger partial charge in [0.15, 0.2) is 0 Å². The zero-order valence-electron chi connectivity index (χ0n) is 16.8. The van der Waals surface area contributed by atoms with Gasteiger partial charge in [0.1, 0.15) is 19.3 Å². The van der Waals surface area contributed by atoms with E-state index in [9.17, 15) is 24.3 Å². The van der Waals surface area contributed by atoms with E-state index in [1.54, 1.807) is 48.5 Å². The molecule has 0 saturated carbocycles. The molecule has 164 valence electrons. The van der Waals surface area contributed by atoms with Crippen LogP contribution in [0.25, 0.3) is 0 Å². The van der Waals surface area contributed by atoms with Crippen LogP contribution in [0.2, 0.25) is 0 Å². The number of amides is 3. The van der Waals surface area contributed by atoms with E-state index in [0.29, 0.717) is 0 Å². The van der Waals surface area contributed by atoms with Crippen LogP contribution in [0.5, 0.6) is 0 Å². The summed E-state index contributed by atoms with van der Waals surface area (Å²) in [6.07, 6.45) is -1.74. The lowest BCUT2D eigenvalue weighted by atomic mass is 10.1. The van der Waals surface area contributed by atoms with Crippen LogP contribution in [0.1, 0.15) is 30.4 Å². The number of alkyl carbamates (subject to hydrolysis) is 2. The van der Waals surface area contributed by atoms with Crippen LogP contribution in [-0.4, -0.2) is 35.2 Å². The maximum atomic E-state index is 11.8. The van der Waals surface area contributed by atoms with Crippen molar-refractivity contribution in [1.29, 1.82) is 0 Å². The molecule has 3 amide bonds. The number of nitrogens with one attached hydrogen (secondary N) is 2. The Morgan fingerprint density at radius 1 is 0.806 bits per heavy atom. The molecule has 31 heavy (non-hydrogen) atoms. The molecule has 0 bridgehead atoms. The molecular formula is C22H24N2O7. The molecule has 2 aromatic rings. The molecule has 0 aliphatic carbocycles. The highest BCUT2D eigenvalue weighted by molar-refractivity contribution is 5.91. The minimum atomic E-state index is -1.25. The molecule has 0 aromatic heterocycles. The first-order chi connectivity index (χ1) is 14.9. The lowest BCUT2D eigenvalue weighted by Crippen LogP contribution is -2.41. The van der Waals surface area contributed by atoms with E-state index in [0.717, 1.165) is 11.1 Å². The van der Waals surface area contributed by atoms with Gasteiger partial charge in [-0.1, -0.05) is 60.7 Å². The van der Waals surface area contributed by atoms with E-state index in [2.05, 4.69) is 10.6 Å². The molecular weight excluding hydrogens is 404 g/mol. The highest BCUT2D eigenvalue weighted by Gasteiger charge is 2.21. The van der Waals surface area contributed by atoms with Crippen LogP contribution in [0, 0.1) is 0 Å². The Morgan fingerprint density at radius 2 is 1.32 bits per heavy atom. The Labute approximate surface area is 179 Å². The average Bonchev–Trinajstić information content (AvgIpc) is 2.77. The number of carbonyl (C=O) groups excluding carboxylic acids is 3. The summed E-state index contributed by atoms with van der Waals surface area (Å²) in [7, 11) is 0. The number of hydrogen-bond donors (Lipinski definition) is 3. The van der Waals surface area contributed by atoms with Crippen molar-refractivity contribution in [2.24, 2.45) is 0 Å². The molecule has 0 fully saturated rings. The monoisotopic (exact) mass is 428 g/mol. The minimum Gasteiger partial charge on any atom is -0.480 e. The Balaban J connectivity index is 1.66. The SMILES string of the molecule is O=C(CCCC(NC(=O)OCc1ccccc1)C(=O)O)NC(=O)OCc1ccccc1. The number of carboxylic acid groups (broad SMARTS) is 1. The summed E-state index contributed by atoms with van der Waals surface area (Å²) in [4.78, 5) is 46.6. The maximum Gasteiger partial charge on any atom is 0.414 e. The second kappa shape index (κ2) is 12.6. The Bertz CT molecular complexity index is 872. The van der Waals surface area contributed by atoms with Crippen molar-refractivity contribution < 1.29 is 33.8 Å². The number of benzene rings is 2. The largest absolute Gasteiger partial charge is 0.480 e. The van der Waals surface area contributed by atoms with Gasteiger partial charge >= 0.3 is 18.2 Å². The van der Waals surface area contributed by atoms with Crippen LogP contribution >= 0.6 is 0 Å². The summed E-state index contributed by atoms with van der Waals surface area (Å²) in [6.45, 7) is 0.0303. The topological polar surface area (TPSA) is 131 Å². The molecule has 1 atom stereocenters. The number of imide groups is 1. The highest BCUT2D eigenvalue weighted by atomic mass is 16.6. The number of aliphatic carboxylic acids is 1. The summed E-state index contributed by atoms with van der Waals surface area (Å²) in [5.41, 5.74) is 1.54. The van der Waals surface area contributed by atoms with E-state index >= 15 is 0 Å². The van der Waals surface area contributed by atoms with Crippen LogP contribution < -0.4 is 10.6 Å². The van der Waals surface area contributed by atoms with Crippen molar-refractivity contribution in [3.63, 3.8) is 0 Å². The summed E-state index contributed by atoms with van der Waals surface area (Å²) < 4.78 is 9.94. The molecule has 0 heterocycles. The molecule has 2 rings (SSSR count). The molecule has 9 heteroatoms. The number of carbonyl (C=O) groups is 4. The van der Waals surface area contributed by atoms with Crippen molar-refractivity contribution in [2.45, 2.75) is 38.5 Å². The molecule has 9 nitrogen and oxygen atoms in total. The van der Waals surface area contributed by atoms with Crippen LogP contribution in [0.15, 0.2) is 60.7 Å². The number of rotatable bonds is 10. The first-order valence-corrected chi connectivity index (χ1v) is 9.64. The smallest absolute Gasteiger partial charge is 0.414 e. The van der Waals surface area contributed by atoms with Crippen molar-refractivity contribution in [3.8, 4) is 0 Å². The minimum absolute atomic E-state index is 0.00646. The second-order valence-corrected chi connectivity index (χ2v) is 6.60. The second-order valence-electron chi connectivity index (χ2n) is 6.60. The average molecular weight is 428 g/mol. The summed E-state index contributed by atoms with van der Waals surface area (Å²) >= 11 is 0. The maximum absolute atomic E-state index is 11.8. The number of ether oxygens (including phenoxy) is 2. The molecule has 3 N–H and O–H groups in total. The summed E-state index contributed by atoms with van der Waals surface area (Å²) in [6, 6.07) is 16.7. The highest BCUT2D eigenvalue weighted by Crippen LogP contribution is 2.05. The van der Waals surface area contributed by atoms with Gasteiger partial charge in [-0.05, 0) is 24.0 Å². The number of carboxylic acids is 1. The fraction of sp³-hybridized carbons (Fsp3) is 0.273. The van der Waals surface area contributed by atoms with Gasteiger partial charge in [-0.3, -0.25) is 10.1 Å². The lowest BCUT2D eigenvalue weighted by Gasteiger charge is -2.14. The molecule has 1 unspecified atom stereocenters. The van der Waals surface area contributed by atoms with E-state index < -0.39 is 30.1 Å². The zero-order valence-corrected chi connectivity index (χ0v) is 16.8. The van der Waals surface area contributed by atoms with E-state index in [-0.39, 0.29) is 32.5 Å². The number of hydrogen-bond acceptors (Lipinski definition) is 6. The van der Waals surface area contributed by atoms with Crippen LogP contribution in [0.3, 0.4) is 0 Å². The summed E-state index contributed by atoms with van der Waals surface area (Å²) in [5, 5.41) is 13.6. The summed E-state index contributed by atoms with van der Waals surface area (Å²) in [5.74, 6) is -1.85. The first-order valence-electron chi connectivity index (χ1n) is 9.64. The van der Waals surface area contributed by atoms with Gasteiger partial charge < -0.3 is 19.9 Å². The van der Waals surface area contributed by atoms with E-state index in [4.69, 9.17) is 9.47 Å². The predicted molar refractivity (Wildman–Crippen MR) is 110 cm³/mol. The predicted octanol–water partition coefficient (Wildman–Crippen LogP) is 2.99. The van der Waals surface area contributed by atoms with Gasteiger partial charge in [-0.15, -0.1) is 0 Å². The van der Waals surface area contributed by atoms with Crippen molar-refractivity contribution >= 4 is 24.1 Å². The molecule has 2 aromatic carbocycles. The molecule has 0 radical (unpaired) electrons. The molecule has 0 aliphatic rings. The van der Waals surface area contributed by atoms with Gasteiger partial charge in [-0.2, -0.15) is 0 Å². The van der Waals surface area contributed by atoms with Gasteiger partial charge in [0.25, 0.3) is 0 Å². The first kappa shape index (κ1) is 23.4. The lowest BCUT2D eigenvalue weighted by molar-refractivity contribution is -0.139. The fourth-order valence-electron chi connectivity index (χ4n) is 2.57. The zero-order chi connectivity index (χ0) is 22.5. The third-order valence-electron chi connectivity index (χ3n) is 4.15. The Hall–Kier alpha value is -3.88. The fourth-order valence-corrected chi connectivity index (χ4v) is 2.57.